The van der Waals surface area contributed by atoms with E-state index in [2.05, 4.69) is 51.9 Å². The van der Waals surface area contributed by atoms with Crippen molar-refractivity contribution in [3.05, 3.63) is 41.0 Å². The van der Waals surface area contributed by atoms with Crippen molar-refractivity contribution < 1.29 is 9.90 Å². The molecule has 0 aliphatic rings. The molecule has 0 spiro atoms. The predicted molar refractivity (Wildman–Crippen MR) is 102 cm³/mol. The van der Waals surface area contributed by atoms with E-state index in [0.717, 1.165) is 27.8 Å². The second-order valence-corrected chi connectivity index (χ2v) is 7.00. The molecule has 0 fully saturated rings. The number of fused-ring (bicyclic) bond motifs is 1. The summed E-state index contributed by atoms with van der Waals surface area (Å²) >= 11 is 1.55. The lowest BCUT2D eigenvalue weighted by molar-refractivity contribution is -0.138. The van der Waals surface area contributed by atoms with Gasteiger partial charge in [-0.15, -0.1) is 11.3 Å². The van der Waals surface area contributed by atoms with Gasteiger partial charge in [0.1, 0.15) is 22.5 Å². The Morgan fingerprint density at radius 2 is 1.96 bits per heavy atom. The number of rotatable bonds is 6. The Balaban J connectivity index is 2.12. The number of hydrogen-bond acceptors (Lipinski definition) is 5. The molecule has 0 saturated heterocycles. The summed E-state index contributed by atoms with van der Waals surface area (Å²) in [5.74, 6) is 0.367. The van der Waals surface area contributed by atoms with Crippen molar-refractivity contribution in [2.75, 3.05) is 5.32 Å². The first-order valence-corrected chi connectivity index (χ1v) is 9.19. The number of carboxylic acids is 1. The van der Waals surface area contributed by atoms with Gasteiger partial charge in [0.2, 0.25) is 0 Å². The van der Waals surface area contributed by atoms with Crippen molar-refractivity contribution in [2.24, 2.45) is 0 Å². The number of anilines is 1. The quantitative estimate of drug-likeness (QED) is 0.674. The Morgan fingerprint density at radius 1 is 1.24 bits per heavy atom. The number of carboxylic acid groups (broad SMARTS) is 1. The number of carbonyl (C=O) groups is 1. The van der Waals surface area contributed by atoms with Crippen molar-refractivity contribution in [2.45, 2.75) is 39.7 Å². The van der Waals surface area contributed by atoms with Gasteiger partial charge in [0.25, 0.3) is 0 Å². The van der Waals surface area contributed by atoms with Gasteiger partial charge < -0.3 is 10.4 Å². The van der Waals surface area contributed by atoms with Crippen LogP contribution in [0.1, 0.15) is 31.2 Å². The molecular formula is C19H21N3O2S. The van der Waals surface area contributed by atoms with Crippen LogP contribution in [0.2, 0.25) is 0 Å². The molecular weight excluding hydrogens is 334 g/mol. The number of aromatic nitrogens is 2. The number of aryl methyl sites for hydroxylation is 2. The summed E-state index contributed by atoms with van der Waals surface area (Å²) in [6.07, 6.45) is 1.33. The lowest BCUT2D eigenvalue weighted by Gasteiger charge is -2.16. The summed E-state index contributed by atoms with van der Waals surface area (Å²) in [6.45, 7) is 5.85. The molecule has 0 radical (unpaired) electrons. The summed E-state index contributed by atoms with van der Waals surface area (Å²) in [7, 11) is 0. The third kappa shape index (κ3) is 3.64. The van der Waals surface area contributed by atoms with Crippen LogP contribution in [0, 0.1) is 13.8 Å². The Hall–Kier alpha value is -2.47. The lowest BCUT2D eigenvalue weighted by Crippen LogP contribution is -2.29. The van der Waals surface area contributed by atoms with E-state index in [-0.39, 0.29) is 0 Å². The summed E-state index contributed by atoms with van der Waals surface area (Å²) in [6, 6.07) is 7.62. The molecule has 0 amide bonds. The topological polar surface area (TPSA) is 75.1 Å². The molecule has 0 aliphatic carbocycles. The minimum atomic E-state index is -0.863. The Labute approximate surface area is 150 Å². The summed E-state index contributed by atoms with van der Waals surface area (Å²) in [5.41, 5.74) is 3.31. The maximum Gasteiger partial charge on any atom is 0.326 e. The van der Waals surface area contributed by atoms with E-state index in [1.807, 2.05) is 13.8 Å². The van der Waals surface area contributed by atoms with Crippen molar-refractivity contribution in [3.8, 4) is 11.1 Å². The molecule has 0 saturated carbocycles. The second-order valence-electron chi connectivity index (χ2n) is 6.14. The minimum Gasteiger partial charge on any atom is -0.480 e. The highest BCUT2D eigenvalue weighted by Crippen LogP contribution is 2.37. The van der Waals surface area contributed by atoms with Crippen LogP contribution in [-0.2, 0) is 4.79 Å². The summed E-state index contributed by atoms with van der Waals surface area (Å²) in [4.78, 5) is 21.4. The van der Waals surface area contributed by atoms with E-state index in [1.54, 1.807) is 11.3 Å². The third-order valence-corrected chi connectivity index (χ3v) is 4.97. The molecule has 3 aromatic rings. The third-order valence-electron chi connectivity index (χ3n) is 4.09. The molecule has 3 rings (SSSR count). The van der Waals surface area contributed by atoms with Crippen LogP contribution in [0.5, 0.6) is 0 Å². The fraction of sp³-hybridized carbons (Fsp3) is 0.316. The first-order chi connectivity index (χ1) is 12.0. The number of thiophene rings is 1. The van der Waals surface area contributed by atoms with Gasteiger partial charge in [-0.1, -0.05) is 43.2 Å². The molecule has 5 nitrogen and oxygen atoms in total. The minimum absolute atomic E-state index is 0.546. The highest BCUT2D eigenvalue weighted by molar-refractivity contribution is 7.17. The van der Waals surface area contributed by atoms with Crippen molar-refractivity contribution in [1.82, 2.24) is 9.97 Å². The molecule has 1 atom stereocenters. The Kier molecular flexibility index (Phi) is 4.99. The van der Waals surface area contributed by atoms with Gasteiger partial charge in [-0.3, -0.25) is 0 Å². The summed E-state index contributed by atoms with van der Waals surface area (Å²) < 4.78 is 0. The van der Waals surface area contributed by atoms with Gasteiger partial charge in [-0.2, -0.15) is 0 Å². The highest BCUT2D eigenvalue weighted by Gasteiger charge is 2.21. The lowest BCUT2D eigenvalue weighted by atomic mass is 10.0. The zero-order chi connectivity index (χ0) is 18.0. The first kappa shape index (κ1) is 17.4. The van der Waals surface area contributed by atoms with Gasteiger partial charge in [-0.25, -0.2) is 14.8 Å². The van der Waals surface area contributed by atoms with Crippen molar-refractivity contribution in [3.63, 3.8) is 0 Å². The van der Waals surface area contributed by atoms with Gasteiger partial charge in [0.15, 0.2) is 0 Å². The van der Waals surface area contributed by atoms with Crippen LogP contribution in [0.4, 0.5) is 5.82 Å². The molecule has 1 unspecified atom stereocenters. The van der Waals surface area contributed by atoms with E-state index >= 15 is 0 Å². The molecule has 0 aliphatic heterocycles. The van der Waals surface area contributed by atoms with E-state index < -0.39 is 12.0 Å². The molecule has 1 aromatic carbocycles. The average molecular weight is 355 g/mol. The van der Waals surface area contributed by atoms with Gasteiger partial charge in [0.05, 0.1) is 5.39 Å². The van der Waals surface area contributed by atoms with E-state index in [0.29, 0.717) is 18.1 Å². The monoisotopic (exact) mass is 355 g/mol. The first-order valence-electron chi connectivity index (χ1n) is 8.31. The van der Waals surface area contributed by atoms with Gasteiger partial charge in [-0.05, 0) is 25.8 Å². The van der Waals surface area contributed by atoms with Gasteiger partial charge >= 0.3 is 5.97 Å². The smallest absolute Gasteiger partial charge is 0.326 e. The van der Waals surface area contributed by atoms with Crippen LogP contribution < -0.4 is 5.32 Å². The molecule has 25 heavy (non-hydrogen) atoms. The Morgan fingerprint density at radius 3 is 2.60 bits per heavy atom. The fourth-order valence-corrected chi connectivity index (χ4v) is 3.80. The number of nitrogens with zero attached hydrogens (tertiary/aromatic N) is 2. The number of nitrogens with one attached hydrogen (secondary N) is 1. The molecule has 6 heteroatoms. The normalized spacial score (nSPS) is 12.3. The molecule has 2 N–H and O–H groups in total. The number of aliphatic carboxylic acids is 1. The predicted octanol–water partition coefficient (Wildman–Crippen LogP) is 4.64. The highest BCUT2D eigenvalue weighted by atomic mass is 32.1. The zero-order valence-electron chi connectivity index (χ0n) is 14.5. The second kappa shape index (κ2) is 7.19. The maximum absolute atomic E-state index is 11.5. The van der Waals surface area contributed by atoms with Crippen LogP contribution in [0.3, 0.4) is 0 Å². The largest absolute Gasteiger partial charge is 0.480 e. The van der Waals surface area contributed by atoms with Crippen LogP contribution >= 0.6 is 11.3 Å². The maximum atomic E-state index is 11.5. The SMILES string of the molecule is CCCC(Nc1nc(C)nc2scc(-c3ccc(C)cc3)c12)C(=O)O. The Bertz CT molecular complexity index is 903. The van der Waals surface area contributed by atoms with E-state index in [1.165, 1.54) is 5.56 Å². The number of benzene rings is 1. The van der Waals surface area contributed by atoms with E-state index in [9.17, 15) is 9.90 Å². The van der Waals surface area contributed by atoms with Crippen LogP contribution in [-0.4, -0.2) is 27.1 Å². The van der Waals surface area contributed by atoms with Gasteiger partial charge in [0, 0.05) is 10.9 Å². The molecule has 130 valence electrons. The molecule has 2 aromatic heterocycles. The van der Waals surface area contributed by atoms with Crippen LogP contribution in [0.15, 0.2) is 29.6 Å². The summed E-state index contributed by atoms with van der Waals surface area (Å²) in [5, 5.41) is 15.5. The van der Waals surface area contributed by atoms with E-state index in [4.69, 9.17) is 0 Å². The van der Waals surface area contributed by atoms with Crippen molar-refractivity contribution >= 4 is 33.3 Å². The zero-order valence-corrected chi connectivity index (χ0v) is 15.4. The van der Waals surface area contributed by atoms with Crippen molar-refractivity contribution in [1.29, 1.82) is 0 Å². The van der Waals surface area contributed by atoms with Crippen LogP contribution in [0.25, 0.3) is 21.3 Å². The molecule has 2 heterocycles. The standard InChI is InChI=1S/C19H21N3O2S/c1-4-5-15(19(23)24)22-17-16-14(13-8-6-11(2)7-9-13)10-25-18(16)21-12(3)20-17/h6-10,15H,4-5H2,1-3H3,(H,23,24)(H,20,21,22). The fourth-order valence-electron chi connectivity index (χ4n) is 2.81. The molecule has 0 bridgehead atoms. The average Bonchev–Trinajstić information content (AvgIpc) is 2.98. The number of hydrogen-bond donors (Lipinski definition) is 2.